The Labute approximate surface area is 890 Å². The molecule has 9 aromatic rings. The summed E-state index contributed by atoms with van der Waals surface area (Å²) in [5.74, 6) is -0.708. The van der Waals surface area contributed by atoms with E-state index in [2.05, 4.69) is 156 Å². The fourth-order valence-electron chi connectivity index (χ4n) is 18.0. The standard InChI is InChI=1S/C24H29F3N2O2.C17H22F3NO3.C15H22N2O.C14H20N2O.C14H22N2O.C12H18N2O.C11H16N2O.C10H14N2O.ClH/c1-18(21-7-9-22(10-8-21)31-24(25,26)27)15-23(30)28-16-19-11-13-29(14-12-19)17-20-5-3-2-4-6-20;1-11(10-16(23)21-13-4-6-14(22)7-5-13)12-2-8-15(9-3-12)24-17(18,19)20;1-12(11-15(16)18)13-5-7-14(8-6-13)17-9-3-2-4-10-17;1-11(10-14(15)17)12-4-6-13(7-5-12)16-8-2-3-9-16;1-4-16(5-2)13-8-6-12(7-9-13)11(3)10-14(15)17;1-9(8-12(13)15)10-4-6-11(7-5-10)14(2)3;1-8(7-11(12)14)9-3-5-10(13-2)6-4-9;1-7(6-10(12)13)8-2-4-9(11)5-3-8;/h2-10,18-19H,11-17H2,1H3,(H,28,30);2-3,8-9,11,13-14,22H,4-7,10H2,1H3,(H,21,23);5-8,12H,2-4,9-11H2,1H3,(H2,16,18);4-7,11H,2-3,8-10H2,1H3,(H2,15,17);6-9,11H,4-5,10H2,1-3H3,(H2,15,17);4-7,9H,8H2,1-3H3,(H2,13,15);3-6,8,13H,7H2,1-2H3,(H2,12,14);2-5,7H,6,11H2,1H3,(H2,12,13);1H. The second kappa shape index (κ2) is 66.5. The van der Waals surface area contributed by atoms with Crippen molar-refractivity contribution in [1.82, 2.24) is 15.5 Å². The van der Waals surface area contributed by atoms with Gasteiger partial charge in [-0.2, -0.15) is 0 Å². The molecule has 8 unspecified atom stereocenters. The van der Waals surface area contributed by atoms with E-state index in [4.69, 9.17) is 40.1 Å². The number of alkyl halides is 6. The fraction of sp³-hybridized carbons (Fsp3) is 0.470. The molecule has 4 fully saturated rings. The van der Waals surface area contributed by atoms with Crippen LogP contribution in [0, 0.1) is 5.92 Å². The van der Waals surface area contributed by atoms with Crippen molar-refractivity contribution in [3.63, 3.8) is 0 Å². The minimum atomic E-state index is -4.71. The van der Waals surface area contributed by atoms with E-state index < -0.39 is 12.7 Å². The number of nitrogens with one attached hydrogen (secondary N) is 3. The van der Waals surface area contributed by atoms with Gasteiger partial charge < -0.3 is 90.3 Å². The highest BCUT2D eigenvalue weighted by atomic mass is 35.5. The zero-order valence-electron chi connectivity index (χ0n) is 89.7. The number of primary amides is 6. The number of aliphatic hydroxyl groups is 1. The highest BCUT2D eigenvalue weighted by molar-refractivity contribution is 5.85. The first-order chi connectivity index (χ1) is 70.6. The number of nitrogens with zero attached hydrogens (tertiary/aromatic N) is 5. The molecular weight excluding hydrogens is 1940 g/mol. The van der Waals surface area contributed by atoms with Crippen molar-refractivity contribution >= 4 is 93.8 Å². The Bertz CT molecular complexity index is 5340. The van der Waals surface area contributed by atoms with Gasteiger partial charge in [0, 0.05) is 165 Å². The molecule has 150 heavy (non-hydrogen) atoms. The van der Waals surface area contributed by atoms with Crippen LogP contribution in [0.3, 0.4) is 0 Å². The molecule has 26 nitrogen and oxygen atoms in total. The minimum absolute atomic E-state index is 0. The van der Waals surface area contributed by atoms with Crippen LogP contribution < -0.4 is 85.2 Å². The minimum Gasteiger partial charge on any atom is -0.406 e. The van der Waals surface area contributed by atoms with Crippen LogP contribution in [-0.2, 0) is 44.9 Å². The zero-order valence-corrected chi connectivity index (χ0v) is 90.5. The molecule has 3 aliphatic heterocycles. The third-order valence-electron chi connectivity index (χ3n) is 27.0. The number of amides is 8. The highest BCUT2D eigenvalue weighted by Gasteiger charge is 2.33. The van der Waals surface area contributed by atoms with Crippen molar-refractivity contribution < 1.29 is 79.3 Å². The maximum atomic E-state index is 12.3. The van der Waals surface area contributed by atoms with Crippen LogP contribution in [0.1, 0.15) is 289 Å². The molecule has 822 valence electrons. The lowest BCUT2D eigenvalue weighted by atomic mass is 9.92. The number of hydrogen-bond acceptors (Lipinski definition) is 18. The summed E-state index contributed by atoms with van der Waals surface area (Å²) in [5.41, 5.74) is 53.2. The number of nitrogens with two attached hydrogens (primary N) is 7. The van der Waals surface area contributed by atoms with Gasteiger partial charge in [-0.15, -0.1) is 38.7 Å². The topological polar surface area (TPSA) is 410 Å². The van der Waals surface area contributed by atoms with E-state index in [1.807, 2.05) is 160 Å². The number of ether oxygens (including phenoxy) is 2. The van der Waals surface area contributed by atoms with E-state index in [-0.39, 0.29) is 137 Å². The normalized spacial score (nSPS) is 15.9. The van der Waals surface area contributed by atoms with E-state index in [0.717, 1.165) is 129 Å². The molecule has 3 saturated heterocycles. The van der Waals surface area contributed by atoms with E-state index >= 15 is 0 Å². The maximum absolute atomic E-state index is 12.3. The van der Waals surface area contributed by atoms with Crippen molar-refractivity contribution in [1.29, 1.82) is 0 Å². The first kappa shape index (κ1) is 127. The Morgan fingerprint density at radius 3 is 1.01 bits per heavy atom. The summed E-state index contributed by atoms with van der Waals surface area (Å²) in [6, 6.07) is 71.0. The van der Waals surface area contributed by atoms with Crippen LogP contribution in [0.4, 0.5) is 60.5 Å². The monoisotopic (exact) mass is 2100 g/mol. The molecule has 8 atom stereocenters. The van der Waals surface area contributed by atoms with Crippen LogP contribution >= 0.6 is 12.4 Å². The Kier molecular flexibility index (Phi) is 56.5. The van der Waals surface area contributed by atoms with Gasteiger partial charge in [0.2, 0.25) is 47.3 Å². The van der Waals surface area contributed by atoms with Gasteiger partial charge in [-0.1, -0.05) is 183 Å². The molecule has 0 aromatic heterocycles. The molecule has 0 bridgehead atoms. The first-order valence-electron chi connectivity index (χ1n) is 52.0. The molecule has 0 spiro atoms. The molecule has 18 N–H and O–H groups in total. The van der Waals surface area contributed by atoms with E-state index in [0.29, 0.717) is 70.3 Å². The van der Waals surface area contributed by atoms with Gasteiger partial charge in [-0.25, -0.2) is 0 Å². The number of rotatable bonds is 38. The highest BCUT2D eigenvalue weighted by Crippen LogP contribution is 2.34. The number of carbonyl (C=O) groups excluding carboxylic acids is 8. The van der Waals surface area contributed by atoms with E-state index in [1.165, 1.54) is 108 Å². The summed E-state index contributed by atoms with van der Waals surface area (Å²) < 4.78 is 80.9. The fourth-order valence-corrected chi connectivity index (χ4v) is 18.0. The van der Waals surface area contributed by atoms with Gasteiger partial charge in [0.05, 0.1) is 6.10 Å². The zero-order chi connectivity index (χ0) is 110. The molecule has 1 saturated carbocycles. The number of halogens is 7. The van der Waals surface area contributed by atoms with Gasteiger partial charge in [0.25, 0.3) is 0 Å². The summed E-state index contributed by atoms with van der Waals surface area (Å²) >= 11 is 0. The van der Waals surface area contributed by atoms with Crippen molar-refractivity contribution in [3.05, 3.63) is 275 Å². The summed E-state index contributed by atoms with van der Waals surface area (Å²) in [7, 11) is 5.88. The average molecular weight is 2110 g/mol. The summed E-state index contributed by atoms with van der Waals surface area (Å²) in [6.45, 7) is 30.5. The molecule has 33 heteroatoms. The number of likely N-dealkylation sites (tertiary alicyclic amines) is 1. The quantitative estimate of drug-likeness (QED) is 0.0126. The smallest absolute Gasteiger partial charge is 0.406 e. The third kappa shape index (κ3) is 50.5. The van der Waals surface area contributed by atoms with Gasteiger partial charge in [0.15, 0.2) is 0 Å². The number of carbonyl (C=O) groups is 8. The van der Waals surface area contributed by atoms with Crippen LogP contribution in [-0.4, -0.2) is 162 Å². The number of nitrogen functional groups attached to an aromatic ring is 1. The molecule has 9 aromatic carbocycles. The molecule has 4 aliphatic rings. The lowest BCUT2D eigenvalue weighted by Gasteiger charge is -2.32. The summed E-state index contributed by atoms with van der Waals surface area (Å²) in [5, 5.41) is 18.5. The van der Waals surface area contributed by atoms with Gasteiger partial charge >= 0.3 is 12.7 Å². The molecule has 0 radical (unpaired) electrons. The van der Waals surface area contributed by atoms with Crippen LogP contribution in [0.15, 0.2) is 224 Å². The molecule has 3 heterocycles. The lowest BCUT2D eigenvalue weighted by molar-refractivity contribution is -0.275. The van der Waals surface area contributed by atoms with Crippen LogP contribution in [0.2, 0.25) is 0 Å². The largest absolute Gasteiger partial charge is 0.573 e. The van der Waals surface area contributed by atoms with Gasteiger partial charge in [0.1, 0.15) is 11.5 Å². The molecular formula is C117H164ClF6N15O11. The molecule has 1 aliphatic carbocycles. The Hall–Kier alpha value is -13.1. The number of piperidine rings is 2. The average Bonchev–Trinajstić information content (AvgIpc) is 1.70. The van der Waals surface area contributed by atoms with Crippen molar-refractivity contribution in [2.24, 2.45) is 40.3 Å². The van der Waals surface area contributed by atoms with Gasteiger partial charge in [-0.05, 0) is 298 Å². The second-order valence-electron chi connectivity index (χ2n) is 39.7. The number of aliphatic hydroxyl groups excluding tert-OH is 1. The molecule has 8 amide bonds. The maximum Gasteiger partial charge on any atom is 0.573 e. The molecule has 13 rings (SSSR count). The van der Waals surface area contributed by atoms with E-state index in [9.17, 15) is 69.8 Å². The Morgan fingerprint density at radius 1 is 0.387 bits per heavy atom. The number of anilines is 6. The van der Waals surface area contributed by atoms with Crippen molar-refractivity contribution in [2.45, 2.75) is 270 Å². The van der Waals surface area contributed by atoms with Crippen molar-refractivity contribution in [3.8, 4) is 11.5 Å². The van der Waals surface area contributed by atoms with Crippen molar-refractivity contribution in [2.75, 3.05) is 111 Å². The summed E-state index contributed by atoms with van der Waals surface area (Å²) in [6.07, 6.45) is 4.87. The summed E-state index contributed by atoms with van der Waals surface area (Å²) in [4.78, 5) is 101. The van der Waals surface area contributed by atoms with Crippen LogP contribution in [0.5, 0.6) is 11.5 Å². The second-order valence-corrected chi connectivity index (χ2v) is 39.7. The Balaban J connectivity index is 0.000000306. The lowest BCUT2D eigenvalue weighted by Crippen LogP contribution is -2.38. The Morgan fingerprint density at radius 2 is 0.687 bits per heavy atom. The SMILES string of the molecule is CC(CC(=O)NC1CCC(O)CC1)c1ccc(OC(F)(F)F)cc1.CC(CC(=O)NCC1CCN(Cc2ccccc2)CC1)c1ccc(OC(F)(F)F)cc1.CC(CC(N)=O)c1ccc(N(C)C)cc1.CC(CC(N)=O)c1ccc(N)cc1.CC(CC(N)=O)c1ccc(N2CCCC2)cc1.CC(CC(N)=O)c1ccc(N2CCCCC2)cc1.CCN(CC)c1ccc(C(C)CC(N)=O)cc1.CNc1ccc(C(C)CC(N)=O)cc1.Cl. The predicted molar refractivity (Wildman–Crippen MR) is 595 cm³/mol. The van der Waals surface area contributed by atoms with Crippen LogP contribution in [0.25, 0.3) is 0 Å². The number of hydrogen-bond donors (Lipinski definition) is 11. The third-order valence-corrected chi connectivity index (χ3v) is 27.0. The predicted octanol–water partition coefficient (Wildman–Crippen LogP) is 21.1. The first-order valence-corrected chi connectivity index (χ1v) is 52.0. The number of benzene rings is 9. The van der Waals surface area contributed by atoms with Gasteiger partial charge in [-0.3, -0.25) is 43.3 Å². The van der Waals surface area contributed by atoms with E-state index in [1.54, 1.807) is 12.1 Å².